The number of benzene rings is 1. The average Bonchev–Trinajstić information content (AvgIpc) is 3.23. The molecule has 7 nitrogen and oxygen atoms in total. The summed E-state index contributed by atoms with van der Waals surface area (Å²) in [6.45, 7) is 12.3. The summed E-state index contributed by atoms with van der Waals surface area (Å²) < 4.78 is 5.47. The summed E-state index contributed by atoms with van der Waals surface area (Å²) in [7, 11) is 0. The first kappa shape index (κ1) is 24.0. The molecule has 1 aliphatic rings. The molecule has 1 aliphatic heterocycles. The smallest absolute Gasteiger partial charge is 0.303 e. The molecule has 1 unspecified atom stereocenters. The fourth-order valence-electron chi connectivity index (χ4n) is 4.04. The maximum Gasteiger partial charge on any atom is 0.303 e. The van der Waals surface area contributed by atoms with Crippen LogP contribution in [-0.4, -0.2) is 51.3 Å². The van der Waals surface area contributed by atoms with Crippen molar-refractivity contribution in [3.05, 3.63) is 72.5 Å². The number of amides is 2. The van der Waals surface area contributed by atoms with Gasteiger partial charge in [-0.05, 0) is 50.0 Å². The van der Waals surface area contributed by atoms with Gasteiger partial charge >= 0.3 is 5.97 Å². The van der Waals surface area contributed by atoms with Gasteiger partial charge < -0.3 is 19.3 Å². The fourth-order valence-corrected chi connectivity index (χ4v) is 4.04. The van der Waals surface area contributed by atoms with E-state index >= 15 is 0 Å². The van der Waals surface area contributed by atoms with Gasteiger partial charge in [-0.3, -0.25) is 14.4 Å². The van der Waals surface area contributed by atoms with E-state index in [1.807, 2.05) is 31.2 Å². The minimum atomic E-state index is -1.02. The first-order valence-electron chi connectivity index (χ1n) is 11.0. The number of aliphatic carboxylic acids is 1. The molecular weight excluding hydrogens is 420 g/mol. The van der Waals surface area contributed by atoms with Crippen LogP contribution in [0.1, 0.15) is 38.7 Å². The second kappa shape index (κ2) is 9.90. The maximum absolute atomic E-state index is 13.7. The van der Waals surface area contributed by atoms with Crippen molar-refractivity contribution in [3.8, 4) is 0 Å². The highest BCUT2D eigenvalue weighted by atomic mass is 16.4. The molecule has 174 valence electrons. The van der Waals surface area contributed by atoms with Crippen molar-refractivity contribution < 1.29 is 23.9 Å². The minimum absolute atomic E-state index is 0.0413. The highest BCUT2D eigenvalue weighted by Gasteiger charge is 2.51. The molecule has 1 aromatic heterocycles. The number of furan rings is 1. The average molecular weight is 451 g/mol. The molecule has 1 atom stereocenters. The quantitative estimate of drug-likeness (QED) is 0.430. The molecule has 33 heavy (non-hydrogen) atoms. The lowest BCUT2D eigenvalue weighted by Gasteiger charge is -2.51. The molecule has 0 bridgehead atoms. The first-order valence-corrected chi connectivity index (χ1v) is 11.0. The van der Waals surface area contributed by atoms with Crippen molar-refractivity contribution in [2.24, 2.45) is 0 Å². The van der Waals surface area contributed by atoms with Crippen molar-refractivity contribution in [2.45, 2.75) is 45.2 Å². The van der Waals surface area contributed by atoms with Crippen LogP contribution in [0.3, 0.4) is 0 Å². The summed E-state index contributed by atoms with van der Waals surface area (Å²) in [5.41, 5.74) is 1.33. The number of nitrogens with zero attached hydrogens (tertiary/aromatic N) is 2. The van der Waals surface area contributed by atoms with Crippen molar-refractivity contribution in [3.63, 3.8) is 0 Å². The summed E-state index contributed by atoms with van der Waals surface area (Å²) in [5, 5.41) is 10.0. The lowest BCUT2D eigenvalue weighted by molar-refractivity contribution is -0.162. The lowest BCUT2D eigenvalue weighted by atomic mass is 9.83. The Bertz CT molecular complexity index is 1130. The second-order valence-electron chi connectivity index (χ2n) is 8.50. The van der Waals surface area contributed by atoms with Gasteiger partial charge in [0, 0.05) is 37.0 Å². The molecule has 2 aromatic rings. The highest BCUT2D eigenvalue weighted by molar-refractivity contribution is 6.02. The molecule has 2 amide bonds. The van der Waals surface area contributed by atoms with E-state index in [-0.39, 0.29) is 30.4 Å². The molecule has 1 aromatic carbocycles. The van der Waals surface area contributed by atoms with Crippen LogP contribution in [0.2, 0.25) is 0 Å². The van der Waals surface area contributed by atoms with E-state index in [9.17, 15) is 14.4 Å². The molecular formula is C26H30N2O5. The molecule has 2 heterocycles. The number of carbonyl (C=O) groups is 3. The summed E-state index contributed by atoms with van der Waals surface area (Å²) in [5.74, 6) is -1.44. The molecule has 1 N–H and O–H groups in total. The van der Waals surface area contributed by atoms with Crippen LogP contribution in [0.5, 0.6) is 0 Å². The largest absolute Gasteiger partial charge is 0.481 e. The molecule has 0 aliphatic carbocycles. The van der Waals surface area contributed by atoms with Crippen molar-refractivity contribution in [2.75, 3.05) is 13.1 Å². The van der Waals surface area contributed by atoms with Crippen LogP contribution in [0.4, 0.5) is 0 Å². The normalized spacial score (nSPS) is 17.7. The van der Waals surface area contributed by atoms with E-state index in [1.165, 1.54) is 4.90 Å². The third kappa shape index (κ3) is 5.08. The molecule has 7 heteroatoms. The van der Waals surface area contributed by atoms with E-state index in [0.29, 0.717) is 31.5 Å². The number of likely N-dealkylation sites (tertiary alicyclic amines) is 1. The molecule has 0 radical (unpaired) electrons. The van der Waals surface area contributed by atoms with Gasteiger partial charge in [0.2, 0.25) is 5.91 Å². The Morgan fingerprint density at radius 2 is 2.03 bits per heavy atom. The predicted molar refractivity (Wildman–Crippen MR) is 126 cm³/mol. The first-order chi connectivity index (χ1) is 15.7. The zero-order valence-corrected chi connectivity index (χ0v) is 19.2. The number of fused-ring (bicyclic) bond motifs is 1. The zero-order valence-electron chi connectivity index (χ0n) is 19.2. The number of hydrogen-bond acceptors (Lipinski definition) is 4. The number of hydrogen-bond donors (Lipinski definition) is 1. The minimum Gasteiger partial charge on any atom is -0.481 e. The van der Waals surface area contributed by atoms with E-state index in [1.54, 1.807) is 30.2 Å². The number of carboxylic acids is 1. The van der Waals surface area contributed by atoms with Crippen LogP contribution < -0.4 is 0 Å². The Morgan fingerprint density at radius 1 is 1.27 bits per heavy atom. The lowest BCUT2D eigenvalue weighted by Crippen LogP contribution is -2.68. The van der Waals surface area contributed by atoms with Crippen molar-refractivity contribution >= 4 is 28.8 Å². The standard InChI is InChI=1S/C26H30N2O5/c1-5-7-18(2)19(3)24(31)28-14-12-26(28,4)25(32)27(13-6-8-23(29)30)17-20-9-10-21-11-15-33-22(21)16-20/h5,7,9-11,15-16H,2-3,6,8,12-14,17H2,1,4H3,(H,29,30)/b7-5-. The Balaban J connectivity index is 1.81. The van der Waals surface area contributed by atoms with E-state index in [0.717, 1.165) is 16.5 Å². The van der Waals surface area contributed by atoms with Crippen LogP contribution in [0, 0.1) is 0 Å². The van der Waals surface area contributed by atoms with Crippen molar-refractivity contribution in [1.29, 1.82) is 0 Å². The molecule has 0 spiro atoms. The summed E-state index contributed by atoms with van der Waals surface area (Å²) in [4.78, 5) is 40.9. The van der Waals surface area contributed by atoms with Crippen LogP contribution in [0.15, 0.2) is 71.4 Å². The van der Waals surface area contributed by atoms with Gasteiger partial charge in [-0.1, -0.05) is 37.4 Å². The van der Waals surface area contributed by atoms with E-state index in [4.69, 9.17) is 9.52 Å². The molecule has 3 rings (SSSR count). The highest BCUT2D eigenvalue weighted by Crippen LogP contribution is 2.35. The number of carbonyl (C=O) groups excluding carboxylic acids is 2. The van der Waals surface area contributed by atoms with Gasteiger partial charge in [-0.2, -0.15) is 0 Å². The van der Waals surface area contributed by atoms with Crippen LogP contribution in [0.25, 0.3) is 11.0 Å². The Hall–Kier alpha value is -3.61. The summed E-state index contributed by atoms with van der Waals surface area (Å²) in [6, 6.07) is 7.58. The monoisotopic (exact) mass is 450 g/mol. The van der Waals surface area contributed by atoms with E-state index < -0.39 is 11.5 Å². The van der Waals surface area contributed by atoms with Crippen LogP contribution >= 0.6 is 0 Å². The third-order valence-corrected chi connectivity index (χ3v) is 6.14. The van der Waals surface area contributed by atoms with Gasteiger partial charge in [0.25, 0.3) is 5.91 Å². The predicted octanol–water partition coefficient (Wildman–Crippen LogP) is 4.31. The molecule has 1 saturated heterocycles. The SMILES string of the molecule is C=C(/C=C\C)C(=C)C(=O)N1CCC1(C)C(=O)N(CCCC(=O)O)Cc1ccc2ccoc2c1. The van der Waals surface area contributed by atoms with Crippen molar-refractivity contribution in [1.82, 2.24) is 9.80 Å². The topological polar surface area (TPSA) is 91.1 Å². The summed E-state index contributed by atoms with van der Waals surface area (Å²) >= 11 is 0. The van der Waals surface area contributed by atoms with E-state index in [2.05, 4.69) is 13.2 Å². The number of rotatable bonds is 10. The van der Waals surface area contributed by atoms with Gasteiger partial charge in [-0.15, -0.1) is 0 Å². The number of carboxylic acid groups (broad SMARTS) is 1. The van der Waals surface area contributed by atoms with Gasteiger partial charge in [0.15, 0.2) is 0 Å². The van der Waals surface area contributed by atoms with Gasteiger partial charge in [0.05, 0.1) is 6.26 Å². The fraction of sp³-hybridized carbons (Fsp3) is 0.346. The van der Waals surface area contributed by atoms with Gasteiger partial charge in [-0.25, -0.2) is 0 Å². The zero-order chi connectivity index (χ0) is 24.2. The van der Waals surface area contributed by atoms with Gasteiger partial charge in [0.1, 0.15) is 11.1 Å². The Labute approximate surface area is 193 Å². The Morgan fingerprint density at radius 3 is 2.67 bits per heavy atom. The molecule has 0 saturated carbocycles. The third-order valence-electron chi connectivity index (χ3n) is 6.14. The number of allylic oxidation sites excluding steroid dienone is 2. The summed E-state index contributed by atoms with van der Waals surface area (Å²) in [6.07, 6.45) is 5.90. The maximum atomic E-state index is 13.7. The second-order valence-corrected chi connectivity index (χ2v) is 8.50. The molecule has 1 fully saturated rings. The van der Waals surface area contributed by atoms with Crippen LogP contribution in [-0.2, 0) is 20.9 Å². The Kier molecular flexibility index (Phi) is 7.21.